The van der Waals surface area contributed by atoms with Crippen molar-refractivity contribution in [2.24, 2.45) is 0 Å². The third-order valence-electron chi connectivity index (χ3n) is 1.87. The largest absolute Gasteiger partial charge is 0.298 e. The molecule has 0 fully saturated rings. The maximum absolute atomic E-state index is 12.5. The molecule has 0 bridgehead atoms. The summed E-state index contributed by atoms with van der Waals surface area (Å²) >= 11 is 5.61. The Balaban J connectivity index is 3.46. The second-order valence-electron chi connectivity index (χ2n) is 2.95. The predicted molar refractivity (Wildman–Crippen MR) is 51.8 cm³/mol. The molecule has 1 aromatic rings. The second-order valence-corrected chi connectivity index (χ2v) is 3.32. The number of alkyl halides is 2. The average Bonchev–Trinajstić information content (AvgIpc) is 2.17. The van der Waals surface area contributed by atoms with Crippen molar-refractivity contribution in [3.8, 4) is 0 Å². The summed E-state index contributed by atoms with van der Waals surface area (Å²) in [6.07, 6.45) is -2.41. The Morgan fingerprint density at radius 2 is 2.07 bits per heavy atom. The SMILES string of the molecule is CC(=O)c1cc(C=O)cc(C(F)F)c1Cl. The minimum absolute atomic E-state index is 0.0138. The summed E-state index contributed by atoms with van der Waals surface area (Å²) in [7, 11) is 0. The van der Waals surface area contributed by atoms with Crippen molar-refractivity contribution in [1.82, 2.24) is 0 Å². The van der Waals surface area contributed by atoms with Crippen molar-refractivity contribution < 1.29 is 18.4 Å². The molecule has 0 aliphatic rings. The molecular weight excluding hydrogens is 226 g/mol. The summed E-state index contributed by atoms with van der Waals surface area (Å²) in [6, 6.07) is 2.18. The Morgan fingerprint density at radius 1 is 1.47 bits per heavy atom. The standard InChI is InChI=1S/C10H7ClF2O2/c1-5(15)7-2-6(4-14)3-8(9(7)11)10(12)13/h2-4,10H,1H3. The highest BCUT2D eigenvalue weighted by molar-refractivity contribution is 6.34. The van der Waals surface area contributed by atoms with Crippen LogP contribution in [0.2, 0.25) is 5.02 Å². The quantitative estimate of drug-likeness (QED) is 0.592. The minimum atomic E-state index is -2.81. The van der Waals surface area contributed by atoms with Gasteiger partial charge in [-0.3, -0.25) is 9.59 Å². The maximum Gasteiger partial charge on any atom is 0.265 e. The van der Waals surface area contributed by atoms with Crippen molar-refractivity contribution in [2.75, 3.05) is 0 Å². The van der Waals surface area contributed by atoms with Crippen LogP contribution in [0.5, 0.6) is 0 Å². The lowest BCUT2D eigenvalue weighted by Crippen LogP contribution is -2.00. The topological polar surface area (TPSA) is 34.1 Å². The monoisotopic (exact) mass is 232 g/mol. The van der Waals surface area contributed by atoms with E-state index >= 15 is 0 Å². The van der Waals surface area contributed by atoms with Crippen LogP contribution in [0.15, 0.2) is 12.1 Å². The maximum atomic E-state index is 12.5. The molecule has 0 aromatic heterocycles. The van der Waals surface area contributed by atoms with Crippen molar-refractivity contribution in [2.45, 2.75) is 13.3 Å². The summed E-state index contributed by atoms with van der Waals surface area (Å²) in [5, 5.41) is -0.289. The van der Waals surface area contributed by atoms with Crippen LogP contribution < -0.4 is 0 Å². The van der Waals surface area contributed by atoms with Crippen LogP contribution in [0.4, 0.5) is 8.78 Å². The molecule has 0 saturated heterocycles. The van der Waals surface area contributed by atoms with Gasteiger partial charge in [-0.25, -0.2) is 8.78 Å². The summed E-state index contributed by atoms with van der Waals surface area (Å²) in [5.74, 6) is -0.453. The highest BCUT2D eigenvalue weighted by Crippen LogP contribution is 2.31. The molecule has 0 spiro atoms. The molecule has 0 radical (unpaired) electrons. The normalized spacial score (nSPS) is 10.5. The van der Waals surface area contributed by atoms with E-state index in [0.29, 0.717) is 6.29 Å². The number of ketones is 1. The van der Waals surface area contributed by atoms with Gasteiger partial charge in [0.25, 0.3) is 6.43 Å². The molecule has 2 nitrogen and oxygen atoms in total. The third-order valence-corrected chi connectivity index (χ3v) is 2.30. The first kappa shape index (κ1) is 11.8. The molecule has 0 saturated carbocycles. The van der Waals surface area contributed by atoms with Crippen LogP contribution in [0.3, 0.4) is 0 Å². The number of aldehydes is 1. The van der Waals surface area contributed by atoms with Crippen molar-refractivity contribution >= 4 is 23.7 Å². The molecule has 0 amide bonds. The number of halogens is 3. The van der Waals surface area contributed by atoms with Crippen LogP contribution in [0.1, 0.15) is 39.6 Å². The fraction of sp³-hybridized carbons (Fsp3) is 0.200. The highest BCUT2D eigenvalue weighted by Gasteiger charge is 2.18. The van der Waals surface area contributed by atoms with Crippen molar-refractivity contribution in [3.05, 3.63) is 33.8 Å². The Morgan fingerprint density at radius 3 is 2.47 bits per heavy atom. The number of benzene rings is 1. The number of carbonyl (C=O) groups is 2. The summed E-state index contributed by atoms with van der Waals surface area (Å²) in [6.45, 7) is 1.20. The number of Topliss-reactive ketones (excluding diaryl/α,β-unsaturated/α-hetero) is 1. The van der Waals surface area contributed by atoms with Gasteiger partial charge >= 0.3 is 0 Å². The van der Waals surface area contributed by atoms with E-state index in [-0.39, 0.29) is 16.1 Å². The van der Waals surface area contributed by atoms with Gasteiger partial charge in [-0.2, -0.15) is 0 Å². The lowest BCUT2D eigenvalue weighted by molar-refractivity contribution is 0.101. The van der Waals surface area contributed by atoms with Crippen LogP contribution in [-0.4, -0.2) is 12.1 Å². The summed E-state index contributed by atoms with van der Waals surface area (Å²) < 4.78 is 25.0. The predicted octanol–water partition coefficient (Wildman–Crippen LogP) is 3.29. The van der Waals surface area contributed by atoms with Crippen LogP contribution in [0.25, 0.3) is 0 Å². The third kappa shape index (κ3) is 2.39. The minimum Gasteiger partial charge on any atom is -0.298 e. The fourth-order valence-electron chi connectivity index (χ4n) is 1.15. The molecular formula is C10H7ClF2O2. The van der Waals surface area contributed by atoms with E-state index in [2.05, 4.69) is 0 Å². The van der Waals surface area contributed by atoms with Gasteiger partial charge in [-0.1, -0.05) is 11.6 Å². The Labute approximate surface area is 89.8 Å². The number of rotatable bonds is 3. The zero-order chi connectivity index (χ0) is 11.6. The van der Waals surface area contributed by atoms with Crippen LogP contribution in [-0.2, 0) is 0 Å². The lowest BCUT2D eigenvalue weighted by Gasteiger charge is -2.07. The van der Waals surface area contributed by atoms with Crippen molar-refractivity contribution in [1.29, 1.82) is 0 Å². The van der Waals surface area contributed by atoms with Gasteiger partial charge < -0.3 is 0 Å². The van der Waals surface area contributed by atoms with Crippen LogP contribution in [0, 0.1) is 0 Å². The number of hydrogen-bond donors (Lipinski definition) is 0. The van der Waals surface area contributed by atoms with E-state index in [1.54, 1.807) is 0 Å². The molecule has 0 aliphatic heterocycles. The lowest BCUT2D eigenvalue weighted by atomic mass is 10.0. The van der Waals surface area contributed by atoms with E-state index in [9.17, 15) is 18.4 Å². The van der Waals surface area contributed by atoms with Gasteiger partial charge in [0.1, 0.15) is 6.29 Å². The Bertz CT molecular complexity index is 416. The van der Waals surface area contributed by atoms with E-state index in [4.69, 9.17) is 11.6 Å². The summed E-state index contributed by atoms with van der Waals surface area (Å²) in [5.41, 5.74) is -0.539. The zero-order valence-corrected chi connectivity index (χ0v) is 8.52. The van der Waals surface area contributed by atoms with Gasteiger partial charge in [-0.05, 0) is 19.1 Å². The van der Waals surface area contributed by atoms with Gasteiger partial charge in [0.15, 0.2) is 5.78 Å². The molecule has 80 valence electrons. The highest BCUT2D eigenvalue weighted by atomic mass is 35.5. The van der Waals surface area contributed by atoms with Crippen molar-refractivity contribution in [3.63, 3.8) is 0 Å². The molecule has 1 rings (SSSR count). The van der Waals surface area contributed by atoms with Gasteiger partial charge in [0, 0.05) is 16.7 Å². The molecule has 0 aliphatic carbocycles. The first-order valence-electron chi connectivity index (χ1n) is 4.05. The molecule has 0 atom stereocenters. The Kier molecular flexibility index (Phi) is 3.52. The molecule has 15 heavy (non-hydrogen) atoms. The van der Waals surface area contributed by atoms with Gasteiger partial charge in [-0.15, -0.1) is 0 Å². The number of hydrogen-bond acceptors (Lipinski definition) is 2. The van der Waals surface area contributed by atoms with E-state index in [1.165, 1.54) is 13.0 Å². The van der Waals surface area contributed by atoms with Gasteiger partial charge in [0.2, 0.25) is 0 Å². The Hall–Kier alpha value is -1.29. The molecule has 0 unspecified atom stereocenters. The first-order chi connectivity index (χ1) is 6.97. The van der Waals surface area contributed by atoms with E-state index in [1.807, 2.05) is 0 Å². The first-order valence-corrected chi connectivity index (χ1v) is 4.43. The molecule has 1 aromatic carbocycles. The van der Waals surface area contributed by atoms with E-state index in [0.717, 1.165) is 6.07 Å². The van der Waals surface area contributed by atoms with Gasteiger partial charge in [0.05, 0.1) is 5.02 Å². The van der Waals surface area contributed by atoms with Crippen LogP contribution >= 0.6 is 11.6 Å². The number of carbonyl (C=O) groups excluding carboxylic acids is 2. The molecule has 5 heteroatoms. The molecule has 0 heterocycles. The summed E-state index contributed by atoms with van der Waals surface area (Å²) in [4.78, 5) is 21.5. The zero-order valence-electron chi connectivity index (χ0n) is 7.76. The van der Waals surface area contributed by atoms with E-state index < -0.39 is 17.8 Å². The smallest absolute Gasteiger partial charge is 0.265 e. The fourth-order valence-corrected chi connectivity index (χ4v) is 1.48. The average molecular weight is 233 g/mol. The second kappa shape index (κ2) is 4.49. The molecule has 0 N–H and O–H groups in total.